The highest BCUT2D eigenvalue weighted by Crippen LogP contribution is 2.31. The summed E-state index contributed by atoms with van der Waals surface area (Å²) < 4.78 is 27.7. The first-order valence-electron chi connectivity index (χ1n) is 14.1. The second-order valence-electron chi connectivity index (χ2n) is 10.1. The van der Waals surface area contributed by atoms with Gasteiger partial charge in [-0.15, -0.1) is 0 Å². The summed E-state index contributed by atoms with van der Waals surface area (Å²) in [6, 6.07) is 12.6. The number of unbranched alkanes of at least 4 members (excludes halogenated alkanes) is 1. The number of fused-ring (bicyclic) bond motifs is 1. The molecule has 0 atom stereocenters. The predicted molar refractivity (Wildman–Crippen MR) is 155 cm³/mol. The first-order valence-corrected chi connectivity index (χ1v) is 14.1. The van der Waals surface area contributed by atoms with Gasteiger partial charge in [0.05, 0.1) is 43.7 Å². The number of methoxy groups -OCH3 is 2. The zero-order valence-corrected chi connectivity index (χ0v) is 24.5. The van der Waals surface area contributed by atoms with Gasteiger partial charge in [0, 0.05) is 51.2 Å². The zero-order valence-electron chi connectivity index (χ0n) is 24.5. The SMILES string of the molecule is CCCCc1oc2ccc(C(=O)OC(C)C)cc2c1C(=O)c1ccc(COCCN(CCOC)CCOC)cc1. The van der Waals surface area contributed by atoms with Crippen molar-refractivity contribution in [3.8, 4) is 0 Å². The summed E-state index contributed by atoms with van der Waals surface area (Å²) in [6.07, 6.45) is 2.28. The first-order chi connectivity index (χ1) is 19.4. The van der Waals surface area contributed by atoms with Crippen LogP contribution in [-0.4, -0.2) is 76.4 Å². The van der Waals surface area contributed by atoms with Crippen molar-refractivity contribution in [1.82, 2.24) is 4.90 Å². The summed E-state index contributed by atoms with van der Waals surface area (Å²) in [6.45, 7) is 10.5. The molecule has 218 valence electrons. The molecule has 0 unspecified atom stereocenters. The van der Waals surface area contributed by atoms with Crippen LogP contribution in [0, 0.1) is 0 Å². The summed E-state index contributed by atoms with van der Waals surface area (Å²) >= 11 is 0. The third kappa shape index (κ3) is 8.99. The Morgan fingerprint density at radius 2 is 1.55 bits per heavy atom. The molecule has 1 heterocycles. The molecule has 0 aliphatic rings. The van der Waals surface area contributed by atoms with Gasteiger partial charge in [-0.25, -0.2) is 4.79 Å². The van der Waals surface area contributed by atoms with E-state index in [1.165, 1.54) is 0 Å². The fourth-order valence-corrected chi connectivity index (χ4v) is 4.38. The van der Waals surface area contributed by atoms with Crippen LogP contribution in [-0.2, 0) is 32.0 Å². The van der Waals surface area contributed by atoms with Gasteiger partial charge in [-0.2, -0.15) is 0 Å². The van der Waals surface area contributed by atoms with Gasteiger partial charge in [-0.05, 0) is 44.0 Å². The Kier molecular flexibility index (Phi) is 12.8. The molecular weight excluding hydrogens is 510 g/mol. The van der Waals surface area contributed by atoms with E-state index >= 15 is 0 Å². The summed E-state index contributed by atoms with van der Waals surface area (Å²) in [5.74, 6) is 0.102. The molecule has 0 aliphatic heterocycles. The highest BCUT2D eigenvalue weighted by molar-refractivity contribution is 6.17. The Labute approximate surface area is 237 Å². The van der Waals surface area contributed by atoms with Crippen molar-refractivity contribution < 1.29 is 33.0 Å². The largest absolute Gasteiger partial charge is 0.460 e. The van der Waals surface area contributed by atoms with Crippen LogP contribution < -0.4 is 0 Å². The zero-order chi connectivity index (χ0) is 28.9. The van der Waals surface area contributed by atoms with Crippen LogP contribution in [0.2, 0.25) is 0 Å². The second-order valence-corrected chi connectivity index (χ2v) is 10.1. The minimum Gasteiger partial charge on any atom is -0.460 e. The maximum absolute atomic E-state index is 13.8. The molecule has 8 heteroatoms. The number of carbonyl (C=O) groups is 2. The van der Waals surface area contributed by atoms with Crippen LogP contribution in [0.5, 0.6) is 0 Å². The first kappa shape index (κ1) is 31.5. The number of furan rings is 1. The maximum atomic E-state index is 13.8. The predicted octanol–water partition coefficient (Wildman–Crippen LogP) is 5.68. The lowest BCUT2D eigenvalue weighted by Crippen LogP contribution is -2.33. The number of benzene rings is 2. The van der Waals surface area contributed by atoms with E-state index in [2.05, 4.69) is 11.8 Å². The quantitative estimate of drug-likeness (QED) is 0.113. The van der Waals surface area contributed by atoms with E-state index < -0.39 is 5.97 Å². The van der Waals surface area contributed by atoms with Gasteiger partial charge >= 0.3 is 5.97 Å². The third-order valence-corrected chi connectivity index (χ3v) is 6.58. The van der Waals surface area contributed by atoms with Crippen molar-refractivity contribution >= 4 is 22.7 Å². The molecule has 40 heavy (non-hydrogen) atoms. The molecule has 3 rings (SSSR count). The summed E-state index contributed by atoms with van der Waals surface area (Å²) in [5, 5.41) is 0.633. The van der Waals surface area contributed by atoms with Crippen LogP contribution in [0.25, 0.3) is 11.0 Å². The average Bonchev–Trinajstić information content (AvgIpc) is 3.32. The minimum absolute atomic E-state index is 0.126. The molecule has 0 bridgehead atoms. The van der Waals surface area contributed by atoms with Crippen molar-refractivity contribution in [2.45, 2.75) is 52.7 Å². The van der Waals surface area contributed by atoms with Crippen molar-refractivity contribution in [3.63, 3.8) is 0 Å². The molecule has 0 fully saturated rings. The standard InChI is InChI=1S/C32H43NO7/c1-6-7-8-29-30(27-21-26(13-14-28(27)40-29)32(35)39-23(2)3)31(34)25-11-9-24(10-12-25)22-38-20-17-33(15-18-36-4)16-19-37-5/h9-14,21,23H,6-8,15-20,22H2,1-5H3. The number of ether oxygens (including phenoxy) is 4. The molecule has 0 aliphatic carbocycles. The molecular formula is C32H43NO7. The van der Waals surface area contributed by atoms with Crippen molar-refractivity contribution in [3.05, 3.63) is 70.5 Å². The molecule has 8 nitrogen and oxygen atoms in total. The fourth-order valence-electron chi connectivity index (χ4n) is 4.38. The number of ketones is 1. The van der Waals surface area contributed by atoms with Crippen LogP contribution in [0.3, 0.4) is 0 Å². The van der Waals surface area contributed by atoms with E-state index in [1.807, 2.05) is 38.1 Å². The van der Waals surface area contributed by atoms with Gasteiger partial charge < -0.3 is 23.4 Å². The smallest absolute Gasteiger partial charge is 0.338 e. The molecule has 0 spiro atoms. The molecule has 0 saturated carbocycles. The molecule has 0 radical (unpaired) electrons. The molecule has 0 amide bonds. The average molecular weight is 554 g/mol. The fraction of sp³-hybridized carbons (Fsp3) is 0.500. The van der Waals surface area contributed by atoms with Crippen LogP contribution in [0.15, 0.2) is 46.9 Å². The number of aryl methyl sites for hydroxylation is 1. The van der Waals surface area contributed by atoms with Crippen LogP contribution in [0.1, 0.15) is 71.2 Å². The third-order valence-electron chi connectivity index (χ3n) is 6.58. The highest BCUT2D eigenvalue weighted by atomic mass is 16.5. The second kappa shape index (κ2) is 16.3. The lowest BCUT2D eigenvalue weighted by atomic mass is 9.97. The highest BCUT2D eigenvalue weighted by Gasteiger charge is 2.23. The Morgan fingerprint density at radius 1 is 0.900 bits per heavy atom. The van der Waals surface area contributed by atoms with E-state index in [4.69, 9.17) is 23.4 Å². The Morgan fingerprint density at radius 3 is 2.17 bits per heavy atom. The van der Waals surface area contributed by atoms with Gasteiger partial charge in [0.2, 0.25) is 0 Å². The van der Waals surface area contributed by atoms with Crippen LogP contribution in [0.4, 0.5) is 0 Å². The normalized spacial score (nSPS) is 11.6. The maximum Gasteiger partial charge on any atom is 0.338 e. The van der Waals surface area contributed by atoms with Gasteiger partial charge in [0.1, 0.15) is 11.3 Å². The van der Waals surface area contributed by atoms with Gasteiger partial charge in [-0.3, -0.25) is 9.69 Å². The van der Waals surface area contributed by atoms with E-state index in [-0.39, 0.29) is 11.9 Å². The lowest BCUT2D eigenvalue weighted by Gasteiger charge is -2.21. The summed E-state index contributed by atoms with van der Waals surface area (Å²) in [7, 11) is 3.39. The minimum atomic E-state index is -0.420. The summed E-state index contributed by atoms with van der Waals surface area (Å²) in [4.78, 5) is 28.5. The van der Waals surface area contributed by atoms with Crippen molar-refractivity contribution in [2.75, 3.05) is 53.7 Å². The lowest BCUT2D eigenvalue weighted by molar-refractivity contribution is 0.0378. The van der Waals surface area contributed by atoms with Gasteiger partial charge in [-0.1, -0.05) is 37.6 Å². The van der Waals surface area contributed by atoms with E-state index in [1.54, 1.807) is 32.4 Å². The van der Waals surface area contributed by atoms with Crippen molar-refractivity contribution in [1.29, 1.82) is 0 Å². The van der Waals surface area contributed by atoms with E-state index in [9.17, 15) is 9.59 Å². The number of nitrogens with zero attached hydrogens (tertiary/aromatic N) is 1. The monoisotopic (exact) mass is 553 g/mol. The topological polar surface area (TPSA) is 87.4 Å². The number of hydrogen-bond acceptors (Lipinski definition) is 8. The van der Waals surface area contributed by atoms with Crippen LogP contribution >= 0.6 is 0 Å². The number of rotatable bonds is 18. The Balaban J connectivity index is 1.72. The molecule has 0 saturated heterocycles. The molecule has 1 aromatic heterocycles. The number of carbonyl (C=O) groups excluding carboxylic acids is 2. The van der Waals surface area contributed by atoms with E-state index in [0.29, 0.717) is 66.3 Å². The molecule has 0 N–H and O–H groups in total. The van der Waals surface area contributed by atoms with Gasteiger partial charge in [0.25, 0.3) is 0 Å². The molecule has 3 aromatic rings. The van der Waals surface area contributed by atoms with Crippen molar-refractivity contribution in [2.24, 2.45) is 0 Å². The molecule has 2 aromatic carbocycles. The number of hydrogen-bond donors (Lipinski definition) is 0. The Bertz CT molecular complexity index is 1210. The van der Waals surface area contributed by atoms with E-state index in [0.717, 1.165) is 38.0 Å². The number of esters is 1. The van der Waals surface area contributed by atoms with Gasteiger partial charge in [0.15, 0.2) is 5.78 Å². The Hall–Kier alpha value is -3.04. The summed E-state index contributed by atoms with van der Waals surface area (Å²) in [5.41, 5.74) is 3.04.